The fraction of sp³-hybridized carbons (Fsp3) is 0.500. The van der Waals surface area contributed by atoms with Crippen LogP contribution in [0.2, 0.25) is 0 Å². The lowest BCUT2D eigenvalue weighted by molar-refractivity contribution is -0.147. The number of aryl methyl sites for hydroxylation is 1. The van der Waals surface area contributed by atoms with Gasteiger partial charge in [0.25, 0.3) is 5.91 Å². The first-order chi connectivity index (χ1) is 26.4. The van der Waals surface area contributed by atoms with Crippen molar-refractivity contribution in [3.05, 3.63) is 64.8 Å². The van der Waals surface area contributed by atoms with Crippen LogP contribution in [0, 0.1) is 12.3 Å². The van der Waals surface area contributed by atoms with Crippen LogP contribution < -0.4 is 20.9 Å². The summed E-state index contributed by atoms with van der Waals surface area (Å²) in [4.78, 5) is 67.1. The summed E-state index contributed by atoms with van der Waals surface area (Å²) in [6, 6.07) is 12.5. The van der Waals surface area contributed by atoms with Crippen molar-refractivity contribution in [2.24, 2.45) is 5.41 Å². The number of hydrogen-bond donors (Lipinski definition) is 4. The summed E-state index contributed by atoms with van der Waals surface area (Å²) in [5.74, 6) is -1.01. The number of unbranched alkanes of at least 4 members (excludes halogenated alkanes) is 1. The third-order valence-electron chi connectivity index (χ3n) is 10.6. The van der Waals surface area contributed by atoms with E-state index >= 15 is 0 Å². The van der Waals surface area contributed by atoms with Gasteiger partial charge in [-0.15, -0.1) is 11.3 Å². The molecule has 0 radical (unpaired) electrons. The summed E-state index contributed by atoms with van der Waals surface area (Å²) in [6.07, 6.45) is 1.34. The monoisotopic (exact) mass is 789 g/mol. The number of aliphatic hydroxyl groups excluding tert-OH is 1. The van der Waals surface area contributed by atoms with Crippen LogP contribution in [0.4, 0.5) is 5.13 Å². The van der Waals surface area contributed by atoms with Crippen LogP contribution in [-0.2, 0) is 25.5 Å². The van der Waals surface area contributed by atoms with Gasteiger partial charge in [0, 0.05) is 51.6 Å². The zero-order valence-corrected chi connectivity index (χ0v) is 33.6. The molecule has 2 fully saturated rings. The number of aromatic nitrogens is 2. The largest absolute Gasteiger partial charge is 0.391 e. The molecule has 294 valence electrons. The molecule has 2 aliphatic rings. The van der Waals surface area contributed by atoms with E-state index in [1.165, 1.54) is 4.90 Å². The summed E-state index contributed by atoms with van der Waals surface area (Å²) < 4.78 is 6.41. The van der Waals surface area contributed by atoms with Crippen LogP contribution in [0.5, 0.6) is 0 Å². The van der Waals surface area contributed by atoms with Crippen LogP contribution in [0.15, 0.2) is 48.0 Å². The van der Waals surface area contributed by atoms with E-state index in [1.54, 1.807) is 49.5 Å². The minimum atomic E-state index is -1.04. The molecule has 13 nitrogen and oxygen atoms in total. The van der Waals surface area contributed by atoms with Gasteiger partial charge in [0.1, 0.15) is 6.04 Å². The molecule has 2 aromatic carbocycles. The van der Waals surface area contributed by atoms with E-state index in [-0.39, 0.29) is 43.0 Å². The van der Waals surface area contributed by atoms with E-state index < -0.39 is 23.6 Å². The number of morpholine rings is 1. The number of ether oxygens (including phenoxy) is 1. The number of rotatable bonds is 15. The number of hydrogen-bond acceptors (Lipinski definition) is 11. The van der Waals surface area contributed by atoms with Gasteiger partial charge < -0.3 is 35.6 Å². The molecular formula is C40H51N7O6S2. The topological polar surface area (TPSA) is 166 Å². The van der Waals surface area contributed by atoms with Gasteiger partial charge in [0.2, 0.25) is 17.7 Å². The van der Waals surface area contributed by atoms with Gasteiger partial charge in [-0.1, -0.05) is 41.7 Å². The van der Waals surface area contributed by atoms with Crippen LogP contribution >= 0.6 is 22.7 Å². The Morgan fingerprint density at radius 1 is 1.04 bits per heavy atom. The zero-order chi connectivity index (χ0) is 39.1. The maximum atomic E-state index is 13.9. The number of aliphatic hydroxyl groups is 1. The number of likely N-dealkylation sites (tertiary alicyclic amines) is 1. The summed E-state index contributed by atoms with van der Waals surface area (Å²) in [7, 11) is 0. The third-order valence-corrected chi connectivity index (χ3v) is 12.6. The molecule has 55 heavy (non-hydrogen) atoms. The Kier molecular flexibility index (Phi) is 13.2. The van der Waals surface area contributed by atoms with Gasteiger partial charge in [-0.25, -0.2) is 9.97 Å². The van der Waals surface area contributed by atoms with Gasteiger partial charge in [0.15, 0.2) is 5.13 Å². The molecule has 0 spiro atoms. The number of β-amino-alcohol motifs (C(OH)–C–C–N with tert-alkyl or cyclic N) is 1. The van der Waals surface area contributed by atoms with E-state index in [1.807, 2.05) is 36.7 Å². The van der Waals surface area contributed by atoms with Gasteiger partial charge in [-0.2, -0.15) is 0 Å². The van der Waals surface area contributed by atoms with Crippen molar-refractivity contribution >= 4 is 61.7 Å². The Hall–Kier alpha value is -4.44. The summed E-state index contributed by atoms with van der Waals surface area (Å²) in [5, 5.41) is 20.3. The van der Waals surface area contributed by atoms with Gasteiger partial charge >= 0.3 is 0 Å². The van der Waals surface area contributed by atoms with Crippen LogP contribution in [0.25, 0.3) is 20.7 Å². The predicted molar refractivity (Wildman–Crippen MR) is 215 cm³/mol. The molecule has 4 heterocycles. The molecule has 2 saturated heterocycles. The van der Waals surface area contributed by atoms with Crippen molar-refractivity contribution in [3.63, 3.8) is 0 Å². The number of benzene rings is 2. The van der Waals surface area contributed by atoms with Crippen LogP contribution in [0.3, 0.4) is 0 Å². The highest BCUT2D eigenvalue weighted by atomic mass is 32.1. The highest BCUT2D eigenvalue weighted by Crippen LogP contribution is 2.32. The third kappa shape index (κ3) is 9.69. The zero-order valence-electron chi connectivity index (χ0n) is 31.9. The van der Waals surface area contributed by atoms with Crippen molar-refractivity contribution in [1.82, 2.24) is 30.8 Å². The maximum absolute atomic E-state index is 13.9. The van der Waals surface area contributed by atoms with Gasteiger partial charge in [-0.05, 0) is 70.2 Å². The van der Waals surface area contributed by atoms with Crippen LogP contribution in [-0.4, -0.2) is 108 Å². The van der Waals surface area contributed by atoms with E-state index in [2.05, 4.69) is 38.0 Å². The Morgan fingerprint density at radius 3 is 2.53 bits per heavy atom. The highest BCUT2D eigenvalue weighted by Gasteiger charge is 2.46. The quantitative estimate of drug-likeness (QED) is 0.129. The number of carbonyl (C=O) groups excluding carboxylic acids is 4. The fourth-order valence-electron chi connectivity index (χ4n) is 6.90. The number of fused-ring (bicyclic) bond motifs is 1. The first-order valence-corrected chi connectivity index (χ1v) is 20.7. The number of anilines is 1. The molecule has 3 atom stereocenters. The standard InChI is InChI=1S/C40H51N7O6S2/c1-25-35(54-24-43-25)28-13-11-27(12-14-28)15-17-42-37(51)31-22-29(48)23-47(31)38(52)40(3,4)26(2)44-33(49)10-5-6-16-41-36(50)30-8-7-9-32-34(30)45-39(55-32)46-18-20-53-21-19-46/h7-9,11-14,24,26,29,31,48H,5-6,10,15-23H2,1-4H3,(H,41,50)(H,42,51)(H,44,49)/t26-,29+,31-/m0/s1. The summed E-state index contributed by atoms with van der Waals surface area (Å²) in [6.45, 7) is 11.0. The van der Waals surface area contributed by atoms with Gasteiger partial charge in [-0.3, -0.25) is 19.2 Å². The molecule has 0 unspecified atom stereocenters. The molecule has 15 heteroatoms. The van der Waals surface area contributed by atoms with Gasteiger partial charge in [0.05, 0.1) is 56.6 Å². The van der Waals surface area contributed by atoms with Crippen molar-refractivity contribution in [1.29, 1.82) is 0 Å². The maximum Gasteiger partial charge on any atom is 0.253 e. The minimum absolute atomic E-state index is 0.0528. The molecule has 2 aliphatic heterocycles. The number of carbonyl (C=O) groups is 4. The first-order valence-electron chi connectivity index (χ1n) is 19.0. The van der Waals surface area contributed by atoms with Crippen molar-refractivity contribution in [2.75, 3.05) is 50.8 Å². The van der Waals surface area contributed by atoms with Crippen LogP contribution in [0.1, 0.15) is 68.1 Å². The molecule has 4 N–H and O–H groups in total. The number of nitrogens with zero attached hydrogens (tertiary/aromatic N) is 4. The second-order valence-corrected chi connectivity index (χ2v) is 16.7. The lowest BCUT2D eigenvalue weighted by atomic mass is 9.83. The first kappa shape index (κ1) is 40.2. The molecule has 0 bridgehead atoms. The van der Waals surface area contributed by atoms with E-state index in [9.17, 15) is 24.3 Å². The normalized spacial score (nSPS) is 18.0. The molecule has 0 saturated carbocycles. The molecule has 6 rings (SSSR count). The number of para-hydroxylation sites is 1. The van der Waals surface area contributed by atoms with Crippen molar-refractivity contribution < 1.29 is 29.0 Å². The SMILES string of the molecule is Cc1ncsc1-c1ccc(CCNC(=O)[C@@H]2C[C@@H](O)CN2C(=O)C(C)(C)[C@H](C)NC(=O)CCCCNC(=O)c2cccc3sc(N4CCOCC4)nc23)cc1. The van der Waals surface area contributed by atoms with E-state index in [0.717, 1.165) is 44.6 Å². The average molecular weight is 790 g/mol. The second kappa shape index (κ2) is 18.0. The molecule has 2 aromatic heterocycles. The molecule has 4 amide bonds. The molecule has 4 aromatic rings. The number of thiazole rings is 2. The lowest BCUT2D eigenvalue weighted by Gasteiger charge is -2.36. The Morgan fingerprint density at radius 2 is 1.80 bits per heavy atom. The summed E-state index contributed by atoms with van der Waals surface area (Å²) in [5.41, 5.74) is 5.19. The number of amides is 4. The average Bonchev–Trinajstić information content (AvgIpc) is 3.92. The van der Waals surface area contributed by atoms with Crippen molar-refractivity contribution in [2.45, 2.75) is 78.0 Å². The minimum Gasteiger partial charge on any atom is -0.391 e. The van der Waals surface area contributed by atoms with E-state index in [4.69, 9.17) is 9.72 Å². The Bertz CT molecular complexity index is 1970. The smallest absolute Gasteiger partial charge is 0.253 e. The summed E-state index contributed by atoms with van der Waals surface area (Å²) >= 11 is 3.17. The molecular weight excluding hydrogens is 739 g/mol. The van der Waals surface area contributed by atoms with E-state index in [0.29, 0.717) is 56.6 Å². The molecule has 0 aliphatic carbocycles. The lowest BCUT2D eigenvalue weighted by Crippen LogP contribution is -2.55. The Balaban J connectivity index is 0.927. The second-order valence-electron chi connectivity index (χ2n) is 14.8. The Labute approximate surface area is 329 Å². The fourth-order valence-corrected chi connectivity index (χ4v) is 8.76. The highest BCUT2D eigenvalue weighted by molar-refractivity contribution is 7.22. The number of nitrogens with one attached hydrogen (secondary N) is 3. The van der Waals surface area contributed by atoms with Crippen molar-refractivity contribution in [3.8, 4) is 10.4 Å². The predicted octanol–water partition coefficient (Wildman–Crippen LogP) is 4.32.